The van der Waals surface area contributed by atoms with Gasteiger partial charge in [0.1, 0.15) is 16.4 Å². The third-order valence-electron chi connectivity index (χ3n) is 4.48. The van der Waals surface area contributed by atoms with E-state index in [0.717, 1.165) is 5.56 Å². The summed E-state index contributed by atoms with van der Waals surface area (Å²) in [4.78, 5) is 12.2. The zero-order valence-electron chi connectivity index (χ0n) is 16.6. The smallest absolute Gasteiger partial charge is 0.336 e. The second-order valence-electron chi connectivity index (χ2n) is 6.62. The number of sulfonamides is 1. The first-order chi connectivity index (χ1) is 14.3. The Labute approximate surface area is 180 Å². The van der Waals surface area contributed by atoms with Gasteiger partial charge in [-0.15, -0.1) is 0 Å². The minimum Gasteiger partial charge on any atom is -0.495 e. The van der Waals surface area contributed by atoms with Gasteiger partial charge < -0.3 is 14.2 Å². The lowest BCUT2D eigenvalue weighted by molar-refractivity contribution is -0.128. The molecule has 0 aliphatic carbocycles. The predicted octanol–water partition coefficient (Wildman–Crippen LogP) is 3.30. The van der Waals surface area contributed by atoms with E-state index in [1.54, 1.807) is 24.3 Å². The first-order valence-electron chi connectivity index (χ1n) is 9.23. The number of aryl methyl sites for hydroxylation is 1. The Hall–Kier alpha value is -2.39. The first-order valence-corrected chi connectivity index (χ1v) is 11.0. The van der Waals surface area contributed by atoms with Gasteiger partial charge in [-0.1, -0.05) is 23.7 Å². The minimum atomic E-state index is -3.76. The standard InChI is InChI=1S/C21H22ClNO6S/c1-15-3-6-17(22)19(13-15)29-21(24)8-5-16-4-7-18(27-2)20(14-16)30(25,26)23-9-11-28-12-10-23/h3-8,13-14H,9-12H2,1-2H3/b8-5+. The van der Waals surface area contributed by atoms with Crippen LogP contribution in [0.4, 0.5) is 0 Å². The fourth-order valence-corrected chi connectivity index (χ4v) is 4.67. The number of ether oxygens (including phenoxy) is 3. The van der Waals surface area contributed by atoms with Crippen LogP contribution in [-0.2, 0) is 19.6 Å². The van der Waals surface area contributed by atoms with Crippen molar-refractivity contribution in [2.24, 2.45) is 0 Å². The zero-order valence-corrected chi connectivity index (χ0v) is 18.2. The van der Waals surface area contributed by atoms with Crippen LogP contribution >= 0.6 is 11.6 Å². The van der Waals surface area contributed by atoms with Crippen molar-refractivity contribution >= 4 is 33.7 Å². The zero-order chi connectivity index (χ0) is 21.7. The molecule has 3 rings (SSSR count). The van der Waals surface area contributed by atoms with Crippen molar-refractivity contribution in [2.45, 2.75) is 11.8 Å². The maximum absolute atomic E-state index is 13.0. The van der Waals surface area contributed by atoms with Crippen LogP contribution in [0.3, 0.4) is 0 Å². The lowest BCUT2D eigenvalue weighted by Gasteiger charge is -2.26. The van der Waals surface area contributed by atoms with Crippen molar-refractivity contribution in [1.82, 2.24) is 4.31 Å². The second kappa shape index (κ2) is 9.61. The largest absolute Gasteiger partial charge is 0.495 e. The SMILES string of the molecule is COc1ccc(/C=C/C(=O)Oc2cc(C)ccc2Cl)cc1S(=O)(=O)N1CCOCC1. The van der Waals surface area contributed by atoms with Gasteiger partial charge in [0.25, 0.3) is 0 Å². The normalized spacial score (nSPS) is 15.3. The van der Waals surface area contributed by atoms with Crippen molar-refractivity contribution in [3.8, 4) is 11.5 Å². The monoisotopic (exact) mass is 451 g/mol. The van der Waals surface area contributed by atoms with E-state index in [1.807, 2.05) is 13.0 Å². The molecule has 0 spiro atoms. The molecule has 0 atom stereocenters. The van der Waals surface area contributed by atoms with E-state index in [0.29, 0.717) is 23.8 Å². The van der Waals surface area contributed by atoms with E-state index in [1.165, 1.54) is 29.6 Å². The molecule has 1 saturated heterocycles. The van der Waals surface area contributed by atoms with Crippen LogP contribution in [0.25, 0.3) is 6.08 Å². The molecule has 160 valence electrons. The number of rotatable bonds is 6. The molecule has 0 amide bonds. The summed E-state index contributed by atoms with van der Waals surface area (Å²) in [5, 5.41) is 0.325. The van der Waals surface area contributed by atoms with E-state index in [9.17, 15) is 13.2 Å². The van der Waals surface area contributed by atoms with Crippen LogP contribution in [0.15, 0.2) is 47.4 Å². The van der Waals surface area contributed by atoms with E-state index >= 15 is 0 Å². The molecule has 0 saturated carbocycles. The first kappa shape index (κ1) is 22.3. The van der Waals surface area contributed by atoms with Crippen LogP contribution in [0.1, 0.15) is 11.1 Å². The van der Waals surface area contributed by atoms with Gasteiger partial charge in [0.2, 0.25) is 10.0 Å². The summed E-state index contributed by atoms with van der Waals surface area (Å²) < 4.78 is 43.1. The number of hydrogen-bond donors (Lipinski definition) is 0. The summed E-state index contributed by atoms with van der Waals surface area (Å²) in [7, 11) is -2.36. The summed E-state index contributed by atoms with van der Waals surface area (Å²) in [6, 6.07) is 9.79. The van der Waals surface area contributed by atoms with Gasteiger partial charge in [0, 0.05) is 19.2 Å². The topological polar surface area (TPSA) is 82.1 Å². The van der Waals surface area contributed by atoms with E-state index < -0.39 is 16.0 Å². The quantitative estimate of drug-likeness (QED) is 0.381. The van der Waals surface area contributed by atoms with Gasteiger partial charge in [-0.05, 0) is 48.4 Å². The highest BCUT2D eigenvalue weighted by molar-refractivity contribution is 7.89. The van der Waals surface area contributed by atoms with Crippen molar-refractivity contribution in [2.75, 3.05) is 33.4 Å². The number of carbonyl (C=O) groups excluding carboxylic acids is 1. The van der Waals surface area contributed by atoms with E-state index in [4.69, 9.17) is 25.8 Å². The molecule has 1 heterocycles. The van der Waals surface area contributed by atoms with Crippen molar-refractivity contribution in [1.29, 1.82) is 0 Å². The highest BCUT2D eigenvalue weighted by atomic mass is 35.5. The molecule has 1 fully saturated rings. The fraction of sp³-hybridized carbons (Fsp3) is 0.286. The summed E-state index contributed by atoms with van der Waals surface area (Å²) in [5.74, 6) is -0.139. The van der Waals surface area contributed by atoms with Gasteiger partial charge in [-0.2, -0.15) is 4.31 Å². The van der Waals surface area contributed by atoms with Crippen LogP contribution in [0, 0.1) is 6.92 Å². The van der Waals surface area contributed by atoms with Gasteiger partial charge in [0.15, 0.2) is 0 Å². The molecule has 30 heavy (non-hydrogen) atoms. The van der Waals surface area contributed by atoms with Crippen LogP contribution < -0.4 is 9.47 Å². The molecule has 9 heteroatoms. The van der Waals surface area contributed by atoms with E-state index in [-0.39, 0.29) is 29.5 Å². The summed E-state index contributed by atoms with van der Waals surface area (Å²) in [6.07, 6.45) is 2.69. The van der Waals surface area contributed by atoms with Crippen LogP contribution in [0.5, 0.6) is 11.5 Å². The van der Waals surface area contributed by atoms with Gasteiger partial charge in [-0.3, -0.25) is 0 Å². The number of halogens is 1. The number of benzene rings is 2. The molecule has 0 unspecified atom stereocenters. The fourth-order valence-electron chi connectivity index (χ4n) is 2.92. The van der Waals surface area contributed by atoms with Gasteiger partial charge >= 0.3 is 5.97 Å². The van der Waals surface area contributed by atoms with Crippen LogP contribution in [0.2, 0.25) is 5.02 Å². The average molecular weight is 452 g/mol. The Balaban J connectivity index is 1.82. The number of esters is 1. The van der Waals surface area contributed by atoms with Crippen molar-refractivity contribution in [3.05, 3.63) is 58.6 Å². The molecule has 2 aromatic rings. The maximum atomic E-state index is 13.0. The predicted molar refractivity (Wildman–Crippen MR) is 113 cm³/mol. The summed E-state index contributed by atoms with van der Waals surface area (Å²) in [6.45, 7) is 3.09. The van der Waals surface area contributed by atoms with Gasteiger partial charge in [0.05, 0.1) is 25.3 Å². The lowest BCUT2D eigenvalue weighted by Crippen LogP contribution is -2.40. The maximum Gasteiger partial charge on any atom is 0.336 e. The molecule has 0 radical (unpaired) electrons. The Morgan fingerprint density at radius 2 is 1.87 bits per heavy atom. The summed E-state index contributed by atoms with van der Waals surface area (Å²) >= 11 is 6.04. The van der Waals surface area contributed by atoms with Crippen molar-refractivity contribution in [3.63, 3.8) is 0 Å². The van der Waals surface area contributed by atoms with Crippen molar-refractivity contribution < 1.29 is 27.4 Å². The Morgan fingerprint density at radius 1 is 1.13 bits per heavy atom. The average Bonchev–Trinajstić information content (AvgIpc) is 2.75. The molecular weight excluding hydrogens is 430 g/mol. The number of carbonyl (C=O) groups is 1. The minimum absolute atomic E-state index is 0.0316. The molecule has 0 aromatic heterocycles. The Bertz CT molecular complexity index is 1060. The molecule has 1 aliphatic rings. The lowest BCUT2D eigenvalue weighted by atomic mass is 10.2. The number of morpholine rings is 1. The molecular formula is C21H22ClNO6S. The number of nitrogens with zero attached hydrogens (tertiary/aromatic N) is 1. The van der Waals surface area contributed by atoms with E-state index in [2.05, 4.69) is 0 Å². The highest BCUT2D eigenvalue weighted by Gasteiger charge is 2.29. The highest BCUT2D eigenvalue weighted by Crippen LogP contribution is 2.29. The summed E-state index contributed by atoms with van der Waals surface area (Å²) in [5.41, 5.74) is 1.41. The molecule has 7 nitrogen and oxygen atoms in total. The molecule has 0 bridgehead atoms. The van der Waals surface area contributed by atoms with Crippen LogP contribution in [-0.4, -0.2) is 52.1 Å². The Kier molecular flexibility index (Phi) is 7.14. The molecule has 0 N–H and O–H groups in total. The third kappa shape index (κ3) is 5.20. The molecule has 2 aromatic carbocycles. The third-order valence-corrected chi connectivity index (χ3v) is 6.72. The molecule has 1 aliphatic heterocycles. The second-order valence-corrected chi connectivity index (χ2v) is 8.93. The van der Waals surface area contributed by atoms with Gasteiger partial charge in [-0.25, -0.2) is 13.2 Å². The number of methoxy groups -OCH3 is 1. The number of hydrogen-bond acceptors (Lipinski definition) is 6. The Morgan fingerprint density at radius 3 is 2.57 bits per heavy atom.